The second-order valence-electron chi connectivity index (χ2n) is 6.94. The van der Waals surface area contributed by atoms with Crippen LogP contribution >= 0.6 is 0 Å². The molecule has 1 aromatic carbocycles. The van der Waals surface area contributed by atoms with E-state index in [-0.39, 0.29) is 23.6 Å². The largest absolute Gasteiger partial charge is 0.490 e. The molecule has 1 saturated heterocycles. The summed E-state index contributed by atoms with van der Waals surface area (Å²) in [6.07, 6.45) is 7.15. The van der Waals surface area contributed by atoms with Gasteiger partial charge in [-0.2, -0.15) is 5.10 Å². The molecule has 7 heteroatoms. The van der Waals surface area contributed by atoms with Gasteiger partial charge in [-0.1, -0.05) is 12.1 Å². The number of nitrogens with zero attached hydrogens (tertiary/aromatic N) is 2. The highest BCUT2D eigenvalue weighted by Crippen LogP contribution is 2.34. The minimum absolute atomic E-state index is 0.0854. The first-order valence-electron chi connectivity index (χ1n) is 9.17. The fraction of sp³-hybridized carbons (Fsp3) is 0.474. The summed E-state index contributed by atoms with van der Waals surface area (Å²) in [7, 11) is 0. The van der Waals surface area contributed by atoms with Gasteiger partial charge in [0, 0.05) is 24.8 Å². The molecule has 0 saturated carbocycles. The maximum Gasteiger partial charge on any atom is 0.317 e. The zero-order chi connectivity index (χ0) is 17.9. The van der Waals surface area contributed by atoms with Gasteiger partial charge in [0.2, 0.25) is 0 Å². The van der Waals surface area contributed by atoms with Crippen molar-refractivity contribution in [2.75, 3.05) is 19.7 Å². The number of H-pyrrole nitrogens is 1. The van der Waals surface area contributed by atoms with Gasteiger partial charge in [0.25, 0.3) is 0 Å². The van der Waals surface area contributed by atoms with Gasteiger partial charge in [0.1, 0.15) is 0 Å². The molecule has 4 rings (SSSR count). The Morgan fingerprint density at radius 2 is 2.15 bits per heavy atom. The molecule has 2 aromatic rings. The molecule has 6 nitrogen and oxygen atoms in total. The Balaban J connectivity index is 1.40. The number of carbonyl (C=O) groups is 1. The monoisotopic (exact) mass is 358 g/mol. The van der Waals surface area contributed by atoms with E-state index in [1.807, 2.05) is 23.4 Å². The Labute approximate surface area is 151 Å². The summed E-state index contributed by atoms with van der Waals surface area (Å²) in [5.74, 6) is 0.345. The van der Waals surface area contributed by atoms with E-state index in [2.05, 4.69) is 15.5 Å². The van der Waals surface area contributed by atoms with Crippen LogP contribution in [0.3, 0.4) is 0 Å². The molecule has 138 valence electrons. The van der Waals surface area contributed by atoms with E-state index in [4.69, 9.17) is 4.74 Å². The lowest BCUT2D eigenvalue weighted by atomic mass is 9.92. The number of halogens is 1. The van der Waals surface area contributed by atoms with Crippen LogP contribution in [0.4, 0.5) is 9.18 Å². The Morgan fingerprint density at radius 1 is 1.31 bits per heavy atom. The number of aromatic nitrogens is 2. The minimum Gasteiger partial charge on any atom is -0.490 e. The lowest BCUT2D eigenvalue weighted by Gasteiger charge is -2.33. The molecule has 1 atom stereocenters. The molecule has 2 aliphatic heterocycles. The predicted octanol–water partition coefficient (Wildman–Crippen LogP) is 3.35. The molecule has 2 N–H and O–H groups in total. The van der Waals surface area contributed by atoms with Crippen molar-refractivity contribution in [1.82, 2.24) is 20.4 Å². The van der Waals surface area contributed by atoms with E-state index < -0.39 is 0 Å². The first-order valence-corrected chi connectivity index (χ1v) is 9.17. The van der Waals surface area contributed by atoms with E-state index >= 15 is 0 Å². The number of hydrogen-bond acceptors (Lipinski definition) is 3. The van der Waals surface area contributed by atoms with Crippen LogP contribution in [0.15, 0.2) is 30.6 Å². The number of likely N-dealkylation sites (tertiary alicyclic amines) is 1. The summed E-state index contributed by atoms with van der Waals surface area (Å²) in [5, 5.41) is 9.94. The molecule has 1 fully saturated rings. The first-order chi connectivity index (χ1) is 12.7. The SMILES string of the molecule is O=C(NC1CCCOc2c(F)cccc21)N1CCC(c2cn[nH]c2)CC1. The molecular formula is C19H23FN4O2. The molecule has 3 heterocycles. The number of carbonyl (C=O) groups excluding carboxylic acids is 1. The lowest BCUT2D eigenvalue weighted by Crippen LogP contribution is -2.45. The van der Waals surface area contributed by atoms with E-state index in [9.17, 15) is 9.18 Å². The molecule has 2 amide bonds. The molecule has 0 aliphatic carbocycles. The molecule has 0 spiro atoms. The Kier molecular flexibility index (Phi) is 4.77. The van der Waals surface area contributed by atoms with Gasteiger partial charge in [-0.05, 0) is 43.2 Å². The maximum absolute atomic E-state index is 14.0. The van der Waals surface area contributed by atoms with Crippen LogP contribution in [0.5, 0.6) is 5.75 Å². The zero-order valence-electron chi connectivity index (χ0n) is 14.6. The topological polar surface area (TPSA) is 70.2 Å². The van der Waals surface area contributed by atoms with Crippen molar-refractivity contribution in [1.29, 1.82) is 0 Å². The number of aromatic amines is 1. The van der Waals surface area contributed by atoms with Crippen molar-refractivity contribution in [3.8, 4) is 5.75 Å². The van der Waals surface area contributed by atoms with E-state index in [1.54, 1.807) is 6.07 Å². The number of amides is 2. The van der Waals surface area contributed by atoms with Gasteiger partial charge < -0.3 is 15.0 Å². The van der Waals surface area contributed by atoms with Crippen LogP contribution in [-0.4, -0.2) is 40.8 Å². The molecular weight excluding hydrogens is 335 g/mol. The molecule has 1 aromatic heterocycles. The van der Waals surface area contributed by atoms with Crippen molar-refractivity contribution in [3.63, 3.8) is 0 Å². The minimum atomic E-state index is -0.371. The van der Waals surface area contributed by atoms with Gasteiger partial charge in [-0.25, -0.2) is 9.18 Å². The quantitative estimate of drug-likeness (QED) is 0.865. The van der Waals surface area contributed by atoms with Gasteiger partial charge in [0.15, 0.2) is 11.6 Å². The molecule has 0 radical (unpaired) electrons. The van der Waals surface area contributed by atoms with Gasteiger partial charge >= 0.3 is 6.03 Å². The highest BCUT2D eigenvalue weighted by Gasteiger charge is 2.28. The average Bonchev–Trinajstić information content (AvgIpc) is 3.12. The van der Waals surface area contributed by atoms with Crippen molar-refractivity contribution >= 4 is 6.03 Å². The number of hydrogen-bond donors (Lipinski definition) is 2. The van der Waals surface area contributed by atoms with Crippen LogP contribution in [-0.2, 0) is 0 Å². The summed E-state index contributed by atoms with van der Waals surface area (Å²) in [4.78, 5) is 14.6. The number of urea groups is 1. The summed E-state index contributed by atoms with van der Waals surface area (Å²) in [5.41, 5.74) is 1.93. The standard InChI is InChI=1S/C19H23FN4O2/c20-16-4-1-3-15-17(5-2-10-26-18(15)16)23-19(25)24-8-6-13(7-9-24)14-11-21-22-12-14/h1,3-4,11-13,17H,2,5-10H2,(H,21,22)(H,23,25). The van der Waals surface area contributed by atoms with E-state index in [0.29, 0.717) is 25.6 Å². The molecule has 2 aliphatic rings. The van der Waals surface area contributed by atoms with Crippen LogP contribution in [0, 0.1) is 5.82 Å². The van der Waals surface area contributed by atoms with Crippen LogP contribution in [0.25, 0.3) is 0 Å². The van der Waals surface area contributed by atoms with E-state index in [1.165, 1.54) is 11.6 Å². The number of rotatable bonds is 2. The molecule has 26 heavy (non-hydrogen) atoms. The lowest BCUT2D eigenvalue weighted by molar-refractivity contribution is 0.177. The Morgan fingerprint density at radius 3 is 2.92 bits per heavy atom. The normalized spacial score (nSPS) is 20.8. The van der Waals surface area contributed by atoms with Crippen LogP contribution < -0.4 is 10.1 Å². The van der Waals surface area contributed by atoms with Gasteiger partial charge in [-0.3, -0.25) is 5.10 Å². The third kappa shape index (κ3) is 3.38. The van der Waals surface area contributed by atoms with Crippen LogP contribution in [0.2, 0.25) is 0 Å². The van der Waals surface area contributed by atoms with Crippen molar-refractivity contribution in [3.05, 3.63) is 47.5 Å². The second kappa shape index (κ2) is 7.35. The van der Waals surface area contributed by atoms with Gasteiger partial charge in [-0.15, -0.1) is 0 Å². The number of nitrogens with one attached hydrogen (secondary N) is 2. The molecule has 0 bridgehead atoms. The first kappa shape index (κ1) is 16.9. The summed E-state index contributed by atoms with van der Waals surface area (Å²) in [6.45, 7) is 1.89. The summed E-state index contributed by atoms with van der Waals surface area (Å²) in [6, 6.07) is 4.59. The third-order valence-corrected chi connectivity index (χ3v) is 5.33. The Bertz CT molecular complexity index is 757. The van der Waals surface area contributed by atoms with E-state index in [0.717, 1.165) is 31.2 Å². The highest BCUT2D eigenvalue weighted by atomic mass is 19.1. The van der Waals surface area contributed by atoms with Crippen molar-refractivity contribution in [2.24, 2.45) is 0 Å². The number of fused-ring (bicyclic) bond motifs is 1. The fourth-order valence-corrected chi connectivity index (χ4v) is 3.86. The molecule has 1 unspecified atom stereocenters. The van der Waals surface area contributed by atoms with Crippen molar-refractivity contribution in [2.45, 2.75) is 37.6 Å². The van der Waals surface area contributed by atoms with Gasteiger partial charge in [0.05, 0.1) is 18.8 Å². The Hall–Kier alpha value is -2.57. The number of piperidine rings is 1. The van der Waals surface area contributed by atoms with Crippen LogP contribution in [0.1, 0.15) is 48.8 Å². The summed E-state index contributed by atoms with van der Waals surface area (Å²) >= 11 is 0. The number of para-hydroxylation sites is 1. The van der Waals surface area contributed by atoms with Crippen molar-refractivity contribution < 1.29 is 13.9 Å². The second-order valence-corrected chi connectivity index (χ2v) is 6.94. The fourth-order valence-electron chi connectivity index (χ4n) is 3.86. The smallest absolute Gasteiger partial charge is 0.317 e. The maximum atomic E-state index is 14.0. The highest BCUT2D eigenvalue weighted by molar-refractivity contribution is 5.75. The zero-order valence-corrected chi connectivity index (χ0v) is 14.6. The third-order valence-electron chi connectivity index (χ3n) is 5.33. The number of benzene rings is 1. The summed E-state index contributed by atoms with van der Waals surface area (Å²) < 4.78 is 19.6. The average molecular weight is 358 g/mol. The predicted molar refractivity (Wildman–Crippen MR) is 94.5 cm³/mol. The number of ether oxygens (including phenoxy) is 1.